The van der Waals surface area contributed by atoms with Crippen molar-refractivity contribution in [2.45, 2.75) is 19.6 Å². The van der Waals surface area contributed by atoms with Gasteiger partial charge in [0, 0.05) is 24.2 Å². The van der Waals surface area contributed by atoms with E-state index in [2.05, 4.69) is 9.97 Å². The third kappa shape index (κ3) is 2.05. The van der Waals surface area contributed by atoms with Gasteiger partial charge in [0.05, 0.1) is 12.0 Å². The summed E-state index contributed by atoms with van der Waals surface area (Å²) < 4.78 is 1.70. The first-order chi connectivity index (χ1) is 7.31. The number of aromatic nitrogens is 3. The van der Waals surface area contributed by atoms with Crippen molar-refractivity contribution in [3.05, 3.63) is 37.1 Å². The van der Waals surface area contributed by atoms with Gasteiger partial charge in [-0.2, -0.15) is 0 Å². The smallest absolute Gasteiger partial charge is 0.131 e. The quantitative estimate of drug-likeness (QED) is 0.828. The van der Waals surface area contributed by atoms with E-state index in [9.17, 15) is 5.11 Å². The molecule has 0 spiro atoms. The van der Waals surface area contributed by atoms with Gasteiger partial charge in [-0.1, -0.05) is 6.92 Å². The maximum atomic E-state index is 9.60. The second kappa shape index (κ2) is 4.23. The van der Waals surface area contributed by atoms with Crippen molar-refractivity contribution in [1.29, 1.82) is 0 Å². The van der Waals surface area contributed by atoms with Crippen LogP contribution in [-0.2, 0) is 0 Å². The van der Waals surface area contributed by atoms with Gasteiger partial charge in [-0.3, -0.25) is 4.98 Å². The van der Waals surface area contributed by atoms with Gasteiger partial charge in [0.25, 0.3) is 0 Å². The lowest BCUT2D eigenvalue weighted by molar-refractivity contribution is 0.0999. The van der Waals surface area contributed by atoms with Crippen LogP contribution in [0.2, 0.25) is 0 Å². The lowest BCUT2D eigenvalue weighted by Gasteiger charge is -2.07. The molecule has 0 bridgehead atoms. The molecule has 0 aliphatic rings. The Hall–Kier alpha value is -1.68. The minimum Gasteiger partial charge on any atom is -0.373 e. The highest BCUT2D eigenvalue weighted by Gasteiger charge is 2.06. The van der Waals surface area contributed by atoms with Crippen LogP contribution in [0.3, 0.4) is 0 Å². The maximum Gasteiger partial charge on any atom is 0.131 e. The largest absolute Gasteiger partial charge is 0.373 e. The number of nitrogens with zero attached hydrogens (tertiary/aromatic N) is 3. The van der Waals surface area contributed by atoms with Crippen LogP contribution < -0.4 is 0 Å². The maximum absolute atomic E-state index is 9.60. The molecule has 1 atom stereocenters. The van der Waals surface area contributed by atoms with Crippen molar-refractivity contribution in [3.63, 3.8) is 0 Å². The number of rotatable bonds is 3. The van der Waals surface area contributed by atoms with E-state index in [4.69, 9.17) is 0 Å². The first-order valence-corrected chi connectivity index (χ1v) is 4.93. The third-order valence-electron chi connectivity index (χ3n) is 2.27. The fourth-order valence-electron chi connectivity index (χ4n) is 1.37. The summed E-state index contributed by atoms with van der Waals surface area (Å²) in [6.45, 7) is 1.93. The predicted molar refractivity (Wildman–Crippen MR) is 57.0 cm³/mol. The van der Waals surface area contributed by atoms with Gasteiger partial charge in [-0.15, -0.1) is 0 Å². The Kier molecular flexibility index (Phi) is 2.78. The fraction of sp³-hybridized carbons (Fsp3) is 0.273. The van der Waals surface area contributed by atoms with Crippen molar-refractivity contribution in [1.82, 2.24) is 14.5 Å². The molecule has 0 radical (unpaired) electrons. The Labute approximate surface area is 88.2 Å². The monoisotopic (exact) mass is 203 g/mol. The fourth-order valence-corrected chi connectivity index (χ4v) is 1.37. The lowest BCUT2D eigenvalue weighted by atomic mass is 10.2. The van der Waals surface area contributed by atoms with Gasteiger partial charge >= 0.3 is 0 Å². The van der Waals surface area contributed by atoms with Crippen molar-refractivity contribution in [2.24, 2.45) is 0 Å². The van der Waals surface area contributed by atoms with Gasteiger partial charge in [0.15, 0.2) is 0 Å². The summed E-state index contributed by atoms with van der Waals surface area (Å²) >= 11 is 0. The van der Waals surface area contributed by atoms with Crippen molar-refractivity contribution in [2.75, 3.05) is 0 Å². The number of aliphatic hydroxyl groups is 1. The van der Waals surface area contributed by atoms with Crippen LogP contribution in [0, 0.1) is 0 Å². The van der Waals surface area contributed by atoms with E-state index in [0.29, 0.717) is 6.42 Å². The molecule has 2 aromatic rings. The molecule has 1 N–H and O–H groups in total. The van der Waals surface area contributed by atoms with Crippen LogP contribution >= 0.6 is 0 Å². The molecule has 1 unspecified atom stereocenters. The molecule has 0 fully saturated rings. The van der Waals surface area contributed by atoms with Crippen LogP contribution in [0.15, 0.2) is 37.1 Å². The molecule has 2 aromatic heterocycles. The van der Waals surface area contributed by atoms with Gasteiger partial charge in [-0.05, 0) is 18.6 Å². The molecule has 0 saturated heterocycles. The van der Waals surface area contributed by atoms with Gasteiger partial charge in [-0.25, -0.2) is 4.98 Å². The van der Waals surface area contributed by atoms with Gasteiger partial charge < -0.3 is 9.67 Å². The summed E-state index contributed by atoms with van der Waals surface area (Å²) in [4.78, 5) is 8.24. The summed E-state index contributed by atoms with van der Waals surface area (Å²) in [5, 5.41) is 9.60. The zero-order valence-corrected chi connectivity index (χ0v) is 8.54. The normalized spacial score (nSPS) is 12.7. The third-order valence-corrected chi connectivity index (χ3v) is 2.27. The van der Waals surface area contributed by atoms with Crippen LogP contribution in [0.5, 0.6) is 0 Å². The van der Waals surface area contributed by atoms with E-state index >= 15 is 0 Å². The second-order valence-corrected chi connectivity index (χ2v) is 3.34. The first-order valence-electron chi connectivity index (χ1n) is 4.93. The number of pyridine rings is 1. The molecule has 78 valence electrons. The van der Waals surface area contributed by atoms with Crippen LogP contribution in [0.1, 0.15) is 19.6 Å². The molecule has 2 rings (SSSR count). The number of hydrogen-bond donors (Lipinski definition) is 1. The standard InChI is InChI=1S/C11H13N3O/c1-2-11(15)14-7-10(13-8-14)9-4-3-5-12-6-9/h3-8,11,15H,2H2,1H3. The molecule has 0 amide bonds. The van der Waals surface area contributed by atoms with Gasteiger partial charge in [0.1, 0.15) is 6.23 Å². The summed E-state index contributed by atoms with van der Waals surface area (Å²) in [7, 11) is 0. The zero-order valence-electron chi connectivity index (χ0n) is 8.54. The molecule has 15 heavy (non-hydrogen) atoms. The highest BCUT2D eigenvalue weighted by atomic mass is 16.3. The Morgan fingerprint density at radius 1 is 1.53 bits per heavy atom. The molecule has 0 saturated carbocycles. The Balaban J connectivity index is 2.28. The molecular weight excluding hydrogens is 190 g/mol. The first kappa shape index (κ1) is 9.86. The summed E-state index contributed by atoms with van der Waals surface area (Å²) in [5.74, 6) is 0. The van der Waals surface area contributed by atoms with E-state index in [1.165, 1.54) is 0 Å². The minimum atomic E-state index is -0.497. The molecule has 0 aliphatic carbocycles. The van der Waals surface area contributed by atoms with E-state index in [1.54, 1.807) is 23.3 Å². The number of hydrogen-bond acceptors (Lipinski definition) is 3. The predicted octanol–water partition coefficient (Wildman–Crippen LogP) is 1.85. The Morgan fingerprint density at radius 2 is 2.40 bits per heavy atom. The summed E-state index contributed by atoms with van der Waals surface area (Å²) in [6.07, 6.45) is 7.11. The molecule has 4 heteroatoms. The van der Waals surface area contributed by atoms with Crippen LogP contribution in [0.4, 0.5) is 0 Å². The Bertz CT molecular complexity index is 424. The number of aliphatic hydroxyl groups excluding tert-OH is 1. The van der Waals surface area contributed by atoms with Gasteiger partial charge in [0.2, 0.25) is 0 Å². The second-order valence-electron chi connectivity index (χ2n) is 3.34. The lowest BCUT2D eigenvalue weighted by Crippen LogP contribution is -2.03. The Morgan fingerprint density at radius 3 is 3.07 bits per heavy atom. The van der Waals surface area contributed by atoms with Crippen LogP contribution in [0.25, 0.3) is 11.3 Å². The average Bonchev–Trinajstić information content (AvgIpc) is 2.78. The van der Waals surface area contributed by atoms with Crippen molar-refractivity contribution >= 4 is 0 Å². The van der Waals surface area contributed by atoms with Crippen LogP contribution in [-0.4, -0.2) is 19.6 Å². The van der Waals surface area contributed by atoms with E-state index in [0.717, 1.165) is 11.3 Å². The van der Waals surface area contributed by atoms with Crippen molar-refractivity contribution in [3.8, 4) is 11.3 Å². The summed E-state index contributed by atoms with van der Waals surface area (Å²) in [5.41, 5.74) is 1.79. The molecular formula is C11H13N3O. The molecule has 0 aliphatic heterocycles. The zero-order chi connectivity index (χ0) is 10.7. The average molecular weight is 203 g/mol. The van der Waals surface area contributed by atoms with E-state index in [1.807, 2.05) is 25.3 Å². The van der Waals surface area contributed by atoms with E-state index < -0.39 is 6.23 Å². The summed E-state index contributed by atoms with van der Waals surface area (Å²) in [6, 6.07) is 3.81. The topological polar surface area (TPSA) is 50.9 Å². The van der Waals surface area contributed by atoms with Crippen molar-refractivity contribution < 1.29 is 5.11 Å². The highest BCUT2D eigenvalue weighted by Crippen LogP contribution is 2.17. The highest BCUT2D eigenvalue weighted by molar-refractivity contribution is 5.56. The molecule has 0 aromatic carbocycles. The number of imidazole rings is 1. The minimum absolute atomic E-state index is 0.497. The van der Waals surface area contributed by atoms with E-state index in [-0.39, 0.29) is 0 Å². The SMILES string of the molecule is CCC(O)n1cnc(-c2cccnc2)c1. The molecule has 2 heterocycles. The molecule has 4 nitrogen and oxygen atoms in total.